The molecule has 4 heteroatoms. The summed E-state index contributed by atoms with van der Waals surface area (Å²) in [6.45, 7) is 2.05. The molecule has 1 unspecified atom stereocenters. The smallest absolute Gasteiger partial charge is 0.179 e. The molecular weight excluding hydrogens is 230 g/mol. The maximum atomic E-state index is 12.3. The van der Waals surface area contributed by atoms with Gasteiger partial charge >= 0.3 is 0 Å². The summed E-state index contributed by atoms with van der Waals surface area (Å²) in [4.78, 5) is 12.3. The van der Waals surface area contributed by atoms with E-state index in [2.05, 4.69) is 5.32 Å². The van der Waals surface area contributed by atoms with E-state index in [4.69, 9.17) is 9.47 Å². The Kier molecular flexibility index (Phi) is 3.19. The van der Waals surface area contributed by atoms with Crippen LogP contribution in [0.4, 0.5) is 0 Å². The van der Waals surface area contributed by atoms with Gasteiger partial charge in [-0.05, 0) is 37.6 Å². The Morgan fingerprint density at radius 2 is 2.00 bits per heavy atom. The zero-order valence-electron chi connectivity index (χ0n) is 10.3. The van der Waals surface area contributed by atoms with Gasteiger partial charge in [-0.25, -0.2) is 0 Å². The summed E-state index contributed by atoms with van der Waals surface area (Å²) in [5.74, 6) is 1.57. The van der Waals surface area contributed by atoms with Crippen LogP contribution in [0, 0.1) is 0 Å². The minimum atomic E-state index is -0.0405. The summed E-state index contributed by atoms with van der Waals surface area (Å²) < 4.78 is 11.0. The quantitative estimate of drug-likeness (QED) is 0.809. The van der Waals surface area contributed by atoms with E-state index in [0.717, 1.165) is 31.6 Å². The fourth-order valence-corrected chi connectivity index (χ4v) is 2.47. The zero-order chi connectivity index (χ0) is 12.4. The minimum Gasteiger partial charge on any atom is -0.486 e. The molecule has 1 saturated heterocycles. The van der Waals surface area contributed by atoms with E-state index >= 15 is 0 Å². The molecule has 0 aromatic heterocycles. The average Bonchev–Trinajstić information content (AvgIpc) is 2.47. The zero-order valence-corrected chi connectivity index (χ0v) is 10.3. The third-order valence-electron chi connectivity index (χ3n) is 3.45. The fraction of sp³-hybridized carbons (Fsp3) is 0.500. The minimum absolute atomic E-state index is 0.0405. The highest BCUT2D eigenvalue weighted by atomic mass is 16.6. The molecular formula is C14H17NO3. The highest BCUT2D eigenvalue weighted by Gasteiger charge is 2.23. The summed E-state index contributed by atoms with van der Waals surface area (Å²) >= 11 is 0. The predicted molar refractivity (Wildman–Crippen MR) is 67.4 cm³/mol. The Bertz CT molecular complexity index is 452. The van der Waals surface area contributed by atoms with E-state index in [0.29, 0.717) is 24.5 Å². The first kappa shape index (κ1) is 11.5. The van der Waals surface area contributed by atoms with Gasteiger partial charge in [0.15, 0.2) is 17.3 Å². The van der Waals surface area contributed by atoms with Crippen molar-refractivity contribution < 1.29 is 14.3 Å². The van der Waals surface area contributed by atoms with Crippen molar-refractivity contribution in [3.63, 3.8) is 0 Å². The van der Waals surface area contributed by atoms with E-state index in [9.17, 15) is 4.79 Å². The lowest BCUT2D eigenvalue weighted by molar-refractivity contribution is 0.0926. The topological polar surface area (TPSA) is 47.6 Å². The van der Waals surface area contributed by atoms with Crippen LogP contribution in [0.5, 0.6) is 11.5 Å². The first-order chi connectivity index (χ1) is 8.84. The molecule has 1 atom stereocenters. The van der Waals surface area contributed by atoms with Gasteiger partial charge in [0.1, 0.15) is 13.2 Å². The van der Waals surface area contributed by atoms with E-state index in [1.165, 1.54) is 0 Å². The number of carbonyl (C=O) groups excluding carboxylic acids is 1. The molecule has 1 aromatic carbocycles. The Labute approximate surface area is 106 Å². The van der Waals surface area contributed by atoms with Gasteiger partial charge in [-0.15, -0.1) is 0 Å². The van der Waals surface area contributed by atoms with Gasteiger partial charge in [0.25, 0.3) is 0 Å². The molecule has 2 aliphatic heterocycles. The Balaban J connectivity index is 1.80. The van der Waals surface area contributed by atoms with Crippen molar-refractivity contribution in [3.8, 4) is 11.5 Å². The highest BCUT2D eigenvalue weighted by molar-refractivity contribution is 6.00. The predicted octanol–water partition coefficient (Wildman–Crippen LogP) is 1.78. The van der Waals surface area contributed by atoms with Gasteiger partial charge in [-0.1, -0.05) is 6.42 Å². The molecule has 1 aromatic rings. The normalized spacial score (nSPS) is 22.6. The second-order valence-corrected chi connectivity index (χ2v) is 4.73. The van der Waals surface area contributed by atoms with Gasteiger partial charge < -0.3 is 14.8 Å². The number of nitrogens with one attached hydrogen (secondary N) is 1. The van der Waals surface area contributed by atoms with Crippen LogP contribution in [0.3, 0.4) is 0 Å². The maximum absolute atomic E-state index is 12.3. The van der Waals surface area contributed by atoms with Crippen LogP contribution in [0.25, 0.3) is 0 Å². The van der Waals surface area contributed by atoms with Crippen LogP contribution < -0.4 is 14.8 Å². The summed E-state index contributed by atoms with van der Waals surface area (Å²) in [6, 6.07) is 5.41. The number of fused-ring (bicyclic) bond motifs is 1. The van der Waals surface area contributed by atoms with Crippen molar-refractivity contribution in [2.45, 2.75) is 25.3 Å². The van der Waals surface area contributed by atoms with E-state index < -0.39 is 0 Å². The van der Waals surface area contributed by atoms with Crippen molar-refractivity contribution in [1.29, 1.82) is 0 Å². The van der Waals surface area contributed by atoms with Crippen molar-refractivity contribution >= 4 is 5.78 Å². The largest absolute Gasteiger partial charge is 0.486 e. The van der Waals surface area contributed by atoms with Crippen molar-refractivity contribution in [1.82, 2.24) is 5.32 Å². The standard InChI is InChI=1S/C14H17NO3/c16-14(11-3-1-2-6-15-11)10-4-5-12-13(9-10)18-8-7-17-12/h4-5,9,11,15H,1-3,6-8H2. The first-order valence-corrected chi connectivity index (χ1v) is 6.52. The number of Topliss-reactive ketones (excluding diaryl/α,β-unsaturated/α-hetero) is 1. The second-order valence-electron chi connectivity index (χ2n) is 4.73. The van der Waals surface area contributed by atoms with Gasteiger partial charge in [0.05, 0.1) is 6.04 Å². The van der Waals surface area contributed by atoms with Gasteiger partial charge in [-0.3, -0.25) is 4.79 Å². The molecule has 3 rings (SSSR count). The molecule has 18 heavy (non-hydrogen) atoms. The number of hydrogen-bond acceptors (Lipinski definition) is 4. The van der Waals surface area contributed by atoms with Crippen LogP contribution in [0.15, 0.2) is 18.2 Å². The summed E-state index contributed by atoms with van der Waals surface area (Å²) in [7, 11) is 0. The second kappa shape index (κ2) is 4.98. The molecule has 96 valence electrons. The average molecular weight is 247 g/mol. The monoisotopic (exact) mass is 247 g/mol. The van der Waals surface area contributed by atoms with Crippen LogP contribution in [-0.2, 0) is 0 Å². The number of benzene rings is 1. The SMILES string of the molecule is O=C(c1ccc2c(c1)OCCO2)C1CCCCN1. The molecule has 0 radical (unpaired) electrons. The van der Waals surface area contributed by atoms with Crippen LogP contribution in [-0.4, -0.2) is 31.6 Å². The number of rotatable bonds is 2. The molecule has 0 amide bonds. The molecule has 0 bridgehead atoms. The van der Waals surface area contributed by atoms with E-state index in [1.54, 1.807) is 6.07 Å². The molecule has 4 nitrogen and oxygen atoms in total. The first-order valence-electron chi connectivity index (χ1n) is 6.52. The molecule has 0 aliphatic carbocycles. The molecule has 1 N–H and O–H groups in total. The summed E-state index contributed by atoms with van der Waals surface area (Å²) in [5.41, 5.74) is 0.707. The lowest BCUT2D eigenvalue weighted by Crippen LogP contribution is -2.40. The Hall–Kier alpha value is -1.55. The number of carbonyl (C=O) groups is 1. The third kappa shape index (κ3) is 2.20. The third-order valence-corrected chi connectivity index (χ3v) is 3.45. The lowest BCUT2D eigenvalue weighted by Gasteiger charge is -2.23. The van der Waals surface area contributed by atoms with Crippen molar-refractivity contribution in [2.75, 3.05) is 19.8 Å². The van der Waals surface area contributed by atoms with Gasteiger partial charge in [0.2, 0.25) is 0 Å². The fourth-order valence-electron chi connectivity index (χ4n) is 2.47. The van der Waals surface area contributed by atoms with Crippen LogP contribution in [0.2, 0.25) is 0 Å². The van der Waals surface area contributed by atoms with E-state index in [-0.39, 0.29) is 11.8 Å². The van der Waals surface area contributed by atoms with Crippen molar-refractivity contribution in [2.24, 2.45) is 0 Å². The Morgan fingerprint density at radius 1 is 1.17 bits per heavy atom. The highest BCUT2D eigenvalue weighted by Crippen LogP contribution is 2.31. The van der Waals surface area contributed by atoms with Crippen LogP contribution in [0.1, 0.15) is 29.6 Å². The van der Waals surface area contributed by atoms with Gasteiger partial charge in [-0.2, -0.15) is 0 Å². The summed E-state index contributed by atoms with van der Waals surface area (Å²) in [6.07, 6.45) is 3.20. The molecule has 0 saturated carbocycles. The number of piperidine rings is 1. The van der Waals surface area contributed by atoms with E-state index in [1.807, 2.05) is 12.1 Å². The van der Waals surface area contributed by atoms with Crippen molar-refractivity contribution in [3.05, 3.63) is 23.8 Å². The number of ether oxygens (including phenoxy) is 2. The maximum Gasteiger partial charge on any atom is 0.179 e. The number of hydrogen-bond donors (Lipinski definition) is 1. The van der Waals surface area contributed by atoms with Crippen LogP contribution >= 0.6 is 0 Å². The molecule has 2 aliphatic rings. The Morgan fingerprint density at radius 3 is 2.78 bits per heavy atom. The molecule has 1 fully saturated rings. The molecule has 2 heterocycles. The van der Waals surface area contributed by atoms with Gasteiger partial charge in [0, 0.05) is 5.56 Å². The lowest BCUT2D eigenvalue weighted by atomic mass is 9.96. The molecule has 0 spiro atoms. The summed E-state index contributed by atoms with van der Waals surface area (Å²) in [5, 5.41) is 3.28. The number of ketones is 1.